The van der Waals surface area contributed by atoms with Gasteiger partial charge in [-0.3, -0.25) is 4.79 Å². The van der Waals surface area contributed by atoms with E-state index >= 15 is 0 Å². The first-order valence-electron chi connectivity index (χ1n) is 8.49. The molecule has 0 saturated carbocycles. The Labute approximate surface area is 132 Å². The summed E-state index contributed by atoms with van der Waals surface area (Å²) in [7, 11) is 0. The Balaban J connectivity index is 1.54. The van der Waals surface area contributed by atoms with Crippen LogP contribution in [0.25, 0.3) is 0 Å². The number of carbonyl (C=O) groups excluding carboxylic acids is 1. The van der Waals surface area contributed by atoms with Crippen LogP contribution in [0.3, 0.4) is 0 Å². The first-order valence-corrected chi connectivity index (χ1v) is 8.49. The number of hydrogen-bond acceptors (Lipinski definition) is 3. The third kappa shape index (κ3) is 3.12. The summed E-state index contributed by atoms with van der Waals surface area (Å²) in [5, 5.41) is 3.45. The summed E-state index contributed by atoms with van der Waals surface area (Å²) in [5.74, 6) is 1.22. The zero-order chi connectivity index (χ0) is 15.4. The molecular formula is C18H26N2O2. The molecule has 2 heterocycles. The van der Waals surface area contributed by atoms with E-state index in [1.165, 1.54) is 0 Å². The van der Waals surface area contributed by atoms with Crippen molar-refractivity contribution in [3.63, 3.8) is 0 Å². The van der Waals surface area contributed by atoms with E-state index in [2.05, 4.69) is 12.2 Å². The molecule has 0 aliphatic carbocycles. The Morgan fingerprint density at radius 2 is 2.05 bits per heavy atom. The number of amides is 1. The maximum absolute atomic E-state index is 12.8. The number of carbonyl (C=O) groups is 1. The first-order chi connectivity index (χ1) is 10.7. The predicted octanol–water partition coefficient (Wildman–Crippen LogP) is 2.59. The third-order valence-corrected chi connectivity index (χ3v) is 5.03. The molecule has 4 heteroatoms. The fraction of sp³-hybridized carbons (Fsp3) is 0.611. The number of para-hydroxylation sites is 1. The minimum Gasteiger partial charge on any atom is -0.490 e. The summed E-state index contributed by atoms with van der Waals surface area (Å²) in [6.45, 7) is 4.69. The van der Waals surface area contributed by atoms with Crippen LogP contribution in [0.15, 0.2) is 30.3 Å². The van der Waals surface area contributed by atoms with Gasteiger partial charge in [-0.15, -0.1) is 0 Å². The lowest BCUT2D eigenvalue weighted by Gasteiger charge is -2.38. The molecule has 0 bridgehead atoms. The van der Waals surface area contributed by atoms with Gasteiger partial charge < -0.3 is 15.0 Å². The van der Waals surface area contributed by atoms with Gasteiger partial charge in [-0.25, -0.2) is 0 Å². The highest BCUT2D eigenvalue weighted by molar-refractivity contribution is 5.86. The molecule has 1 amide bonds. The van der Waals surface area contributed by atoms with Crippen LogP contribution in [-0.4, -0.2) is 42.1 Å². The highest BCUT2D eigenvalue weighted by Gasteiger charge is 2.42. The number of benzene rings is 1. The molecule has 120 valence electrons. The van der Waals surface area contributed by atoms with Gasteiger partial charge in [0, 0.05) is 25.9 Å². The van der Waals surface area contributed by atoms with Crippen molar-refractivity contribution in [2.75, 3.05) is 19.6 Å². The molecular weight excluding hydrogens is 276 g/mol. The number of ether oxygens (including phenoxy) is 1. The summed E-state index contributed by atoms with van der Waals surface area (Å²) >= 11 is 0. The maximum Gasteiger partial charge on any atom is 0.242 e. The van der Waals surface area contributed by atoms with Crippen LogP contribution in [0.4, 0.5) is 0 Å². The fourth-order valence-corrected chi connectivity index (χ4v) is 3.61. The van der Waals surface area contributed by atoms with E-state index in [4.69, 9.17) is 4.74 Å². The first kappa shape index (κ1) is 15.3. The van der Waals surface area contributed by atoms with Crippen LogP contribution >= 0.6 is 0 Å². The smallest absolute Gasteiger partial charge is 0.242 e. The zero-order valence-electron chi connectivity index (χ0n) is 13.4. The Kier molecular flexibility index (Phi) is 4.67. The molecule has 4 nitrogen and oxygen atoms in total. The van der Waals surface area contributed by atoms with Crippen molar-refractivity contribution in [2.24, 2.45) is 0 Å². The SMILES string of the molecule is CCC1(C(=O)N2CCC(Oc3ccccc3)CC2)CCCN1. The molecule has 0 spiro atoms. The van der Waals surface area contributed by atoms with E-state index in [1.807, 2.05) is 35.2 Å². The molecule has 2 saturated heterocycles. The minimum absolute atomic E-state index is 0.223. The van der Waals surface area contributed by atoms with Gasteiger partial charge in [0.1, 0.15) is 11.9 Å². The molecule has 1 aromatic carbocycles. The standard InChI is InChI=1S/C18H26N2O2/c1-2-18(11-6-12-19-18)17(21)20-13-9-16(10-14-20)22-15-7-4-3-5-8-15/h3-5,7-8,16,19H,2,6,9-14H2,1H3. The van der Waals surface area contributed by atoms with Crippen LogP contribution in [-0.2, 0) is 4.79 Å². The summed E-state index contributed by atoms with van der Waals surface area (Å²) < 4.78 is 6.01. The van der Waals surface area contributed by atoms with Gasteiger partial charge in [-0.1, -0.05) is 25.1 Å². The quantitative estimate of drug-likeness (QED) is 0.929. The highest BCUT2D eigenvalue weighted by Crippen LogP contribution is 2.27. The Morgan fingerprint density at radius 3 is 2.64 bits per heavy atom. The Bertz CT molecular complexity index is 489. The maximum atomic E-state index is 12.8. The third-order valence-electron chi connectivity index (χ3n) is 5.03. The summed E-state index contributed by atoms with van der Waals surface area (Å²) in [6.07, 6.45) is 5.02. The molecule has 1 unspecified atom stereocenters. The lowest BCUT2D eigenvalue weighted by atomic mass is 9.91. The molecule has 0 radical (unpaired) electrons. The number of likely N-dealkylation sites (tertiary alicyclic amines) is 1. The molecule has 1 N–H and O–H groups in total. The Hall–Kier alpha value is -1.55. The Morgan fingerprint density at radius 1 is 1.32 bits per heavy atom. The van der Waals surface area contributed by atoms with Gasteiger partial charge in [-0.2, -0.15) is 0 Å². The van der Waals surface area contributed by atoms with Crippen LogP contribution in [0, 0.1) is 0 Å². The zero-order valence-corrected chi connectivity index (χ0v) is 13.4. The number of nitrogens with zero attached hydrogens (tertiary/aromatic N) is 1. The van der Waals surface area contributed by atoms with Crippen molar-refractivity contribution < 1.29 is 9.53 Å². The number of hydrogen-bond donors (Lipinski definition) is 1. The van der Waals surface area contributed by atoms with Gasteiger partial charge in [0.05, 0.1) is 5.54 Å². The van der Waals surface area contributed by atoms with Crippen LogP contribution < -0.4 is 10.1 Å². The van der Waals surface area contributed by atoms with E-state index in [0.29, 0.717) is 5.91 Å². The second kappa shape index (κ2) is 6.69. The second-order valence-electron chi connectivity index (χ2n) is 6.39. The lowest BCUT2D eigenvalue weighted by molar-refractivity contribution is -0.139. The van der Waals surface area contributed by atoms with Gasteiger partial charge in [0.2, 0.25) is 5.91 Å². The van der Waals surface area contributed by atoms with E-state index in [9.17, 15) is 4.79 Å². The normalized spacial score (nSPS) is 26.1. The molecule has 1 atom stereocenters. The summed E-state index contributed by atoms with van der Waals surface area (Å²) in [6, 6.07) is 9.96. The van der Waals surface area contributed by atoms with E-state index in [1.54, 1.807) is 0 Å². The number of rotatable bonds is 4. The van der Waals surface area contributed by atoms with Gasteiger partial charge in [0.15, 0.2) is 0 Å². The van der Waals surface area contributed by atoms with Crippen molar-refractivity contribution in [3.8, 4) is 5.75 Å². The van der Waals surface area contributed by atoms with Crippen LogP contribution in [0.1, 0.15) is 39.0 Å². The molecule has 2 aliphatic heterocycles. The van der Waals surface area contributed by atoms with E-state index < -0.39 is 0 Å². The predicted molar refractivity (Wildman–Crippen MR) is 86.9 cm³/mol. The molecule has 1 aromatic rings. The largest absolute Gasteiger partial charge is 0.490 e. The monoisotopic (exact) mass is 302 g/mol. The summed E-state index contributed by atoms with van der Waals surface area (Å²) in [5.41, 5.74) is -0.298. The van der Waals surface area contributed by atoms with Gasteiger partial charge in [-0.05, 0) is 37.9 Å². The minimum atomic E-state index is -0.298. The average molecular weight is 302 g/mol. The molecule has 0 aromatic heterocycles. The van der Waals surface area contributed by atoms with Crippen molar-refractivity contribution >= 4 is 5.91 Å². The van der Waals surface area contributed by atoms with Crippen molar-refractivity contribution in [3.05, 3.63) is 30.3 Å². The van der Waals surface area contributed by atoms with Crippen molar-refractivity contribution in [1.82, 2.24) is 10.2 Å². The van der Waals surface area contributed by atoms with E-state index in [-0.39, 0.29) is 11.6 Å². The second-order valence-corrected chi connectivity index (χ2v) is 6.39. The molecule has 22 heavy (non-hydrogen) atoms. The molecule has 2 aliphatic rings. The van der Waals surface area contributed by atoms with Crippen molar-refractivity contribution in [2.45, 2.75) is 50.7 Å². The van der Waals surface area contributed by atoms with Crippen LogP contribution in [0.5, 0.6) is 5.75 Å². The average Bonchev–Trinajstić information content (AvgIpc) is 3.06. The molecule has 3 rings (SSSR count). The van der Waals surface area contributed by atoms with Crippen LogP contribution in [0.2, 0.25) is 0 Å². The number of nitrogens with one attached hydrogen (secondary N) is 1. The summed E-state index contributed by atoms with van der Waals surface area (Å²) in [4.78, 5) is 14.9. The highest BCUT2D eigenvalue weighted by atomic mass is 16.5. The topological polar surface area (TPSA) is 41.6 Å². The lowest BCUT2D eigenvalue weighted by Crippen LogP contribution is -2.56. The van der Waals surface area contributed by atoms with Crippen molar-refractivity contribution in [1.29, 1.82) is 0 Å². The number of piperidine rings is 1. The van der Waals surface area contributed by atoms with E-state index in [0.717, 1.165) is 57.5 Å². The van der Waals surface area contributed by atoms with Gasteiger partial charge >= 0.3 is 0 Å². The molecule has 2 fully saturated rings. The fourth-order valence-electron chi connectivity index (χ4n) is 3.61. The van der Waals surface area contributed by atoms with Gasteiger partial charge in [0.25, 0.3) is 0 Å².